The second kappa shape index (κ2) is 11.8. The molecular weight excluding hydrogens is 464 g/mol. The van der Waals surface area contributed by atoms with Gasteiger partial charge in [0.2, 0.25) is 5.91 Å². The number of nitrogens with zero attached hydrogens (tertiary/aromatic N) is 1. The lowest BCUT2D eigenvalue weighted by molar-refractivity contribution is -0.143. The zero-order chi connectivity index (χ0) is 25.7. The molecule has 0 spiro atoms. The van der Waals surface area contributed by atoms with Crippen LogP contribution in [0.25, 0.3) is 0 Å². The van der Waals surface area contributed by atoms with Crippen molar-refractivity contribution in [2.75, 3.05) is 6.61 Å². The lowest BCUT2D eigenvalue weighted by atomic mass is 9.79. The molecule has 0 unspecified atom stereocenters. The highest BCUT2D eigenvalue weighted by Crippen LogP contribution is 2.49. The molecule has 2 aromatic rings. The number of fused-ring (bicyclic) bond motifs is 1. The fourth-order valence-electron chi connectivity index (χ4n) is 5.86. The van der Waals surface area contributed by atoms with E-state index in [1.165, 1.54) is 41.8 Å². The number of carbonyl (C=O) groups excluding carboxylic acids is 1. The highest BCUT2D eigenvalue weighted by atomic mass is 16.5. The number of benzene rings is 1. The van der Waals surface area contributed by atoms with E-state index in [0.29, 0.717) is 18.9 Å². The van der Waals surface area contributed by atoms with Crippen molar-refractivity contribution in [2.45, 2.75) is 95.6 Å². The molecule has 1 aromatic carbocycles. The third kappa shape index (κ3) is 6.78. The third-order valence-electron chi connectivity index (χ3n) is 8.67. The van der Waals surface area contributed by atoms with E-state index in [2.05, 4.69) is 29.6 Å². The number of hydrogen-bond acceptors (Lipinski definition) is 4. The zero-order valence-electron chi connectivity index (χ0n) is 21.8. The van der Waals surface area contributed by atoms with Crippen molar-refractivity contribution in [1.29, 1.82) is 0 Å². The summed E-state index contributed by atoms with van der Waals surface area (Å²) in [6.07, 6.45) is 12.8. The average Bonchev–Trinajstić information content (AvgIpc) is 3.69. The van der Waals surface area contributed by atoms with Crippen LogP contribution in [-0.2, 0) is 40.0 Å². The minimum absolute atomic E-state index is 0.115. The van der Waals surface area contributed by atoms with Crippen LogP contribution in [0.15, 0.2) is 42.5 Å². The monoisotopic (exact) mass is 504 g/mol. The molecule has 6 nitrogen and oxygen atoms in total. The summed E-state index contributed by atoms with van der Waals surface area (Å²) >= 11 is 0. The van der Waals surface area contributed by atoms with Crippen LogP contribution in [0.5, 0.6) is 0 Å². The first-order chi connectivity index (χ1) is 18.0. The number of pyridine rings is 1. The number of carboxylic acid groups (broad SMARTS) is 1. The van der Waals surface area contributed by atoms with Gasteiger partial charge < -0.3 is 15.2 Å². The lowest BCUT2D eigenvalue weighted by Gasteiger charge is -2.35. The summed E-state index contributed by atoms with van der Waals surface area (Å²) in [5, 5.41) is 12.5. The van der Waals surface area contributed by atoms with Crippen molar-refractivity contribution < 1.29 is 19.4 Å². The summed E-state index contributed by atoms with van der Waals surface area (Å²) in [6.45, 7) is 0.359. The minimum atomic E-state index is -0.986. The Hall–Kier alpha value is -2.73. The Labute approximate surface area is 220 Å². The topological polar surface area (TPSA) is 88.5 Å². The molecule has 1 atom stereocenters. The number of carboxylic acids is 1. The van der Waals surface area contributed by atoms with Gasteiger partial charge in [-0.25, -0.2) is 4.79 Å². The van der Waals surface area contributed by atoms with Crippen LogP contribution in [0.2, 0.25) is 0 Å². The molecule has 5 rings (SSSR count). The Balaban J connectivity index is 0.990. The molecule has 0 bridgehead atoms. The van der Waals surface area contributed by atoms with Crippen LogP contribution in [0.1, 0.15) is 80.3 Å². The summed E-state index contributed by atoms with van der Waals surface area (Å²) in [7, 11) is 0. The molecule has 6 heteroatoms. The van der Waals surface area contributed by atoms with E-state index in [-0.39, 0.29) is 12.0 Å². The van der Waals surface area contributed by atoms with Crippen molar-refractivity contribution >= 4 is 11.9 Å². The van der Waals surface area contributed by atoms with E-state index in [4.69, 9.17) is 9.72 Å². The highest BCUT2D eigenvalue weighted by Gasteiger charge is 2.49. The smallest absolute Gasteiger partial charge is 0.326 e. The highest BCUT2D eigenvalue weighted by molar-refractivity contribution is 5.89. The fourth-order valence-corrected chi connectivity index (χ4v) is 5.86. The number of nitrogens with one attached hydrogen (secondary N) is 1. The second-order valence-electron chi connectivity index (χ2n) is 11.4. The summed E-state index contributed by atoms with van der Waals surface area (Å²) in [6, 6.07) is 13.7. The molecule has 2 N–H and O–H groups in total. The average molecular weight is 505 g/mol. The van der Waals surface area contributed by atoms with E-state index < -0.39 is 17.4 Å². The Morgan fingerprint density at radius 1 is 1.05 bits per heavy atom. The maximum absolute atomic E-state index is 12.9. The first kappa shape index (κ1) is 25.9. The zero-order valence-corrected chi connectivity index (χ0v) is 21.8. The van der Waals surface area contributed by atoms with Crippen LogP contribution in [0, 0.1) is 11.3 Å². The van der Waals surface area contributed by atoms with Gasteiger partial charge in [0.1, 0.15) is 6.04 Å². The molecule has 2 saturated carbocycles. The minimum Gasteiger partial charge on any atom is -0.480 e. The molecule has 0 aliphatic heterocycles. The molecule has 2 fully saturated rings. The quantitative estimate of drug-likeness (QED) is 0.398. The molecule has 3 aliphatic carbocycles. The SMILES string of the molecule is O=C(O)[C@H](CCOC1CC(CCc2ccc3c(n2)CCCC3)C1)NC(=O)C1(CCc2ccccc2)CC1. The van der Waals surface area contributed by atoms with Crippen LogP contribution in [0.4, 0.5) is 0 Å². The molecule has 1 aromatic heterocycles. The normalized spacial score (nSPS) is 22.4. The van der Waals surface area contributed by atoms with Gasteiger partial charge in [-0.15, -0.1) is 0 Å². The van der Waals surface area contributed by atoms with Crippen LogP contribution in [0.3, 0.4) is 0 Å². The Morgan fingerprint density at radius 2 is 1.84 bits per heavy atom. The Bertz CT molecular complexity index is 1080. The Morgan fingerprint density at radius 3 is 2.59 bits per heavy atom. The molecule has 0 saturated heterocycles. The molecule has 0 radical (unpaired) electrons. The van der Waals surface area contributed by atoms with Crippen molar-refractivity contribution in [3.8, 4) is 0 Å². The lowest BCUT2D eigenvalue weighted by Crippen LogP contribution is -2.45. The van der Waals surface area contributed by atoms with Gasteiger partial charge in [-0.05, 0) is 100 Å². The molecule has 37 heavy (non-hydrogen) atoms. The maximum atomic E-state index is 12.9. The number of aryl methyl sites for hydroxylation is 4. The van der Waals surface area contributed by atoms with E-state index in [1.54, 1.807) is 0 Å². The first-order valence-electron chi connectivity index (χ1n) is 14.2. The van der Waals surface area contributed by atoms with E-state index in [0.717, 1.165) is 57.8 Å². The van der Waals surface area contributed by atoms with Gasteiger partial charge in [0.05, 0.1) is 6.10 Å². The van der Waals surface area contributed by atoms with Gasteiger partial charge in [-0.3, -0.25) is 9.78 Å². The number of amides is 1. The van der Waals surface area contributed by atoms with Crippen molar-refractivity contribution in [2.24, 2.45) is 11.3 Å². The summed E-state index contributed by atoms with van der Waals surface area (Å²) in [5.74, 6) is -0.452. The third-order valence-corrected chi connectivity index (χ3v) is 8.67. The van der Waals surface area contributed by atoms with Gasteiger partial charge >= 0.3 is 5.97 Å². The van der Waals surface area contributed by atoms with E-state index in [1.807, 2.05) is 18.2 Å². The van der Waals surface area contributed by atoms with Crippen LogP contribution in [-0.4, -0.2) is 40.7 Å². The molecular formula is C31H40N2O4. The standard InChI is InChI=1S/C31H40N2O4/c34-29(35)28(33-30(36)31(17-18-31)16-14-22-6-2-1-3-7-22)15-19-37-26-20-23(21-26)10-12-25-13-11-24-8-4-5-9-27(24)32-25/h1-3,6-7,11,13,23,26,28H,4-5,8-10,12,14-21H2,(H,33,36)(H,34,35)/t23?,26?,28-/m0/s1. The van der Waals surface area contributed by atoms with Crippen molar-refractivity contribution in [3.05, 3.63) is 65.0 Å². The number of hydrogen-bond donors (Lipinski definition) is 2. The van der Waals surface area contributed by atoms with Crippen LogP contribution >= 0.6 is 0 Å². The van der Waals surface area contributed by atoms with Crippen molar-refractivity contribution in [1.82, 2.24) is 10.3 Å². The predicted molar refractivity (Wildman–Crippen MR) is 142 cm³/mol. The summed E-state index contributed by atoms with van der Waals surface area (Å²) < 4.78 is 5.97. The first-order valence-corrected chi connectivity index (χ1v) is 14.2. The molecule has 1 heterocycles. The number of ether oxygens (including phenoxy) is 1. The maximum Gasteiger partial charge on any atom is 0.326 e. The largest absolute Gasteiger partial charge is 0.480 e. The Kier molecular flexibility index (Phi) is 8.23. The van der Waals surface area contributed by atoms with Gasteiger partial charge in [-0.1, -0.05) is 36.4 Å². The molecule has 3 aliphatic rings. The van der Waals surface area contributed by atoms with Crippen LogP contribution < -0.4 is 5.32 Å². The number of aliphatic carboxylic acids is 1. The second-order valence-corrected chi connectivity index (χ2v) is 11.4. The van der Waals surface area contributed by atoms with E-state index in [9.17, 15) is 14.7 Å². The summed E-state index contributed by atoms with van der Waals surface area (Å²) in [4.78, 5) is 29.6. The van der Waals surface area contributed by atoms with Gasteiger partial charge in [0.25, 0.3) is 0 Å². The summed E-state index contributed by atoms with van der Waals surface area (Å²) in [5.41, 5.74) is 4.76. The van der Waals surface area contributed by atoms with Crippen molar-refractivity contribution in [3.63, 3.8) is 0 Å². The predicted octanol–water partition coefficient (Wildman–Crippen LogP) is 5.06. The van der Waals surface area contributed by atoms with Gasteiger partial charge in [-0.2, -0.15) is 0 Å². The van der Waals surface area contributed by atoms with Gasteiger partial charge in [0, 0.05) is 29.8 Å². The molecule has 198 valence electrons. The molecule has 1 amide bonds. The number of rotatable bonds is 13. The number of aromatic nitrogens is 1. The number of carbonyl (C=O) groups is 2. The fraction of sp³-hybridized carbons (Fsp3) is 0.581. The van der Waals surface area contributed by atoms with Gasteiger partial charge in [0.15, 0.2) is 0 Å². The van der Waals surface area contributed by atoms with E-state index >= 15 is 0 Å².